The highest BCUT2D eigenvalue weighted by atomic mass is 15.3. The minimum atomic E-state index is 0.625. The SMILES string of the molecule is CCc1nn(C)cc1CNc1nccn1C1CCCC1. The molecule has 5 nitrogen and oxygen atoms in total. The lowest BCUT2D eigenvalue weighted by molar-refractivity contribution is 0.523. The molecule has 2 aromatic heterocycles. The first-order chi connectivity index (χ1) is 9.78. The lowest BCUT2D eigenvalue weighted by Crippen LogP contribution is -2.11. The molecule has 0 aromatic carbocycles. The summed E-state index contributed by atoms with van der Waals surface area (Å²) in [5.41, 5.74) is 2.43. The van der Waals surface area contributed by atoms with E-state index in [0.29, 0.717) is 6.04 Å². The number of hydrogen-bond acceptors (Lipinski definition) is 3. The van der Waals surface area contributed by atoms with Crippen LogP contribution in [0.3, 0.4) is 0 Å². The van der Waals surface area contributed by atoms with Gasteiger partial charge in [0.15, 0.2) is 0 Å². The second-order valence-electron chi connectivity index (χ2n) is 5.58. The minimum absolute atomic E-state index is 0.625. The van der Waals surface area contributed by atoms with Gasteiger partial charge in [0.2, 0.25) is 5.95 Å². The van der Waals surface area contributed by atoms with E-state index in [1.54, 1.807) is 0 Å². The van der Waals surface area contributed by atoms with E-state index in [2.05, 4.69) is 39.3 Å². The molecule has 1 N–H and O–H groups in total. The molecule has 0 atom stereocenters. The maximum Gasteiger partial charge on any atom is 0.203 e. The van der Waals surface area contributed by atoms with Gasteiger partial charge >= 0.3 is 0 Å². The molecule has 1 aliphatic carbocycles. The number of rotatable bonds is 5. The largest absolute Gasteiger partial charge is 0.351 e. The zero-order chi connectivity index (χ0) is 13.9. The summed E-state index contributed by atoms with van der Waals surface area (Å²) < 4.78 is 4.19. The van der Waals surface area contributed by atoms with E-state index < -0.39 is 0 Å². The van der Waals surface area contributed by atoms with Crippen molar-refractivity contribution in [3.63, 3.8) is 0 Å². The Morgan fingerprint density at radius 1 is 1.35 bits per heavy atom. The summed E-state index contributed by atoms with van der Waals surface area (Å²) in [6, 6.07) is 0.625. The number of nitrogens with one attached hydrogen (secondary N) is 1. The maximum absolute atomic E-state index is 4.48. The topological polar surface area (TPSA) is 47.7 Å². The average molecular weight is 273 g/mol. The van der Waals surface area contributed by atoms with Gasteiger partial charge in [0.1, 0.15) is 0 Å². The third-order valence-corrected chi connectivity index (χ3v) is 4.15. The fraction of sp³-hybridized carbons (Fsp3) is 0.600. The minimum Gasteiger partial charge on any atom is -0.351 e. The standard InChI is InChI=1S/C15H23N5/c1-3-14-12(11-19(2)18-14)10-17-15-16-8-9-20(15)13-6-4-5-7-13/h8-9,11,13H,3-7,10H2,1-2H3,(H,16,17). The molecule has 0 amide bonds. The van der Waals surface area contributed by atoms with Crippen LogP contribution in [0.25, 0.3) is 0 Å². The van der Waals surface area contributed by atoms with E-state index in [4.69, 9.17) is 0 Å². The van der Waals surface area contributed by atoms with Crippen molar-refractivity contribution < 1.29 is 0 Å². The van der Waals surface area contributed by atoms with Gasteiger partial charge in [0.05, 0.1) is 5.69 Å². The van der Waals surface area contributed by atoms with Crippen molar-refractivity contribution in [3.05, 3.63) is 29.8 Å². The first kappa shape index (κ1) is 13.2. The first-order valence-electron chi connectivity index (χ1n) is 7.56. The van der Waals surface area contributed by atoms with Crippen LogP contribution in [-0.4, -0.2) is 19.3 Å². The van der Waals surface area contributed by atoms with Crippen molar-refractivity contribution in [2.75, 3.05) is 5.32 Å². The summed E-state index contributed by atoms with van der Waals surface area (Å²) >= 11 is 0. The quantitative estimate of drug-likeness (QED) is 0.911. The molecule has 20 heavy (non-hydrogen) atoms. The van der Waals surface area contributed by atoms with E-state index in [9.17, 15) is 0 Å². The van der Waals surface area contributed by atoms with Gasteiger partial charge in [-0.15, -0.1) is 0 Å². The lowest BCUT2D eigenvalue weighted by Gasteiger charge is -2.15. The Hall–Kier alpha value is -1.78. The van der Waals surface area contributed by atoms with Crippen molar-refractivity contribution in [1.29, 1.82) is 0 Å². The molecule has 2 aromatic rings. The van der Waals surface area contributed by atoms with E-state index >= 15 is 0 Å². The number of aromatic nitrogens is 4. The monoisotopic (exact) mass is 273 g/mol. The summed E-state index contributed by atoms with van der Waals surface area (Å²) in [7, 11) is 1.97. The maximum atomic E-state index is 4.48. The van der Waals surface area contributed by atoms with Crippen molar-refractivity contribution >= 4 is 5.95 Å². The molecule has 2 heterocycles. The highest BCUT2D eigenvalue weighted by Crippen LogP contribution is 2.31. The second-order valence-corrected chi connectivity index (χ2v) is 5.58. The Morgan fingerprint density at radius 3 is 2.90 bits per heavy atom. The van der Waals surface area contributed by atoms with Gasteiger partial charge in [-0.2, -0.15) is 5.10 Å². The normalized spacial score (nSPS) is 15.9. The molecule has 0 spiro atoms. The summed E-state index contributed by atoms with van der Waals surface area (Å²) in [6.45, 7) is 2.94. The number of anilines is 1. The van der Waals surface area contributed by atoms with E-state index in [1.807, 2.05) is 17.9 Å². The van der Waals surface area contributed by atoms with Crippen LogP contribution in [0.2, 0.25) is 0 Å². The van der Waals surface area contributed by atoms with Crippen LogP contribution in [-0.2, 0) is 20.0 Å². The summed E-state index contributed by atoms with van der Waals surface area (Å²) in [6.07, 6.45) is 12.3. The van der Waals surface area contributed by atoms with Gasteiger partial charge < -0.3 is 9.88 Å². The lowest BCUT2D eigenvalue weighted by atomic mass is 10.2. The fourth-order valence-electron chi connectivity index (χ4n) is 3.13. The zero-order valence-corrected chi connectivity index (χ0v) is 12.3. The van der Waals surface area contributed by atoms with Crippen molar-refractivity contribution in [1.82, 2.24) is 19.3 Å². The number of imidazole rings is 1. The van der Waals surface area contributed by atoms with Crippen LogP contribution in [0.4, 0.5) is 5.95 Å². The molecule has 0 unspecified atom stereocenters. The van der Waals surface area contributed by atoms with Crippen molar-refractivity contribution in [2.45, 2.75) is 51.6 Å². The van der Waals surface area contributed by atoms with Crippen LogP contribution in [0.15, 0.2) is 18.6 Å². The summed E-state index contributed by atoms with van der Waals surface area (Å²) in [4.78, 5) is 4.46. The highest BCUT2D eigenvalue weighted by Gasteiger charge is 2.19. The number of hydrogen-bond donors (Lipinski definition) is 1. The second kappa shape index (κ2) is 5.69. The smallest absolute Gasteiger partial charge is 0.203 e. The van der Waals surface area contributed by atoms with Gasteiger partial charge in [-0.05, 0) is 19.3 Å². The number of nitrogens with zero attached hydrogens (tertiary/aromatic N) is 4. The van der Waals surface area contributed by atoms with Crippen LogP contribution in [0.1, 0.15) is 49.9 Å². The van der Waals surface area contributed by atoms with Crippen molar-refractivity contribution in [2.24, 2.45) is 7.05 Å². The Bertz CT molecular complexity index is 563. The Labute approximate surface area is 120 Å². The van der Waals surface area contributed by atoms with E-state index in [1.165, 1.54) is 36.9 Å². The van der Waals surface area contributed by atoms with Crippen LogP contribution in [0, 0.1) is 0 Å². The molecular formula is C15H23N5. The fourth-order valence-corrected chi connectivity index (χ4v) is 3.13. The average Bonchev–Trinajstić information content (AvgIpc) is 3.16. The highest BCUT2D eigenvalue weighted by molar-refractivity contribution is 5.30. The molecule has 5 heteroatoms. The van der Waals surface area contributed by atoms with Gasteiger partial charge in [-0.3, -0.25) is 4.68 Å². The summed E-state index contributed by atoms with van der Waals surface area (Å²) in [5, 5.41) is 7.95. The van der Waals surface area contributed by atoms with Gasteiger partial charge in [-0.25, -0.2) is 4.98 Å². The van der Waals surface area contributed by atoms with E-state index in [-0.39, 0.29) is 0 Å². The Balaban J connectivity index is 1.70. The van der Waals surface area contributed by atoms with Crippen molar-refractivity contribution in [3.8, 4) is 0 Å². The zero-order valence-electron chi connectivity index (χ0n) is 12.3. The molecule has 1 fully saturated rings. The number of aryl methyl sites for hydroxylation is 2. The predicted octanol–water partition coefficient (Wildman–Crippen LogP) is 2.91. The third-order valence-electron chi connectivity index (χ3n) is 4.15. The van der Waals surface area contributed by atoms with Crippen LogP contribution in [0.5, 0.6) is 0 Å². The van der Waals surface area contributed by atoms with Gasteiger partial charge in [-0.1, -0.05) is 19.8 Å². The molecule has 0 aliphatic heterocycles. The van der Waals surface area contributed by atoms with Gasteiger partial charge in [0, 0.05) is 43.8 Å². The molecule has 0 saturated heterocycles. The molecule has 0 bridgehead atoms. The molecule has 3 rings (SSSR count). The molecule has 0 radical (unpaired) electrons. The predicted molar refractivity (Wildman–Crippen MR) is 79.6 cm³/mol. The molecule has 1 saturated carbocycles. The third kappa shape index (κ3) is 2.57. The van der Waals surface area contributed by atoms with Gasteiger partial charge in [0.25, 0.3) is 0 Å². The van der Waals surface area contributed by atoms with E-state index in [0.717, 1.165) is 18.9 Å². The molecular weight excluding hydrogens is 250 g/mol. The van der Waals surface area contributed by atoms with Crippen LogP contribution < -0.4 is 5.32 Å². The first-order valence-corrected chi connectivity index (χ1v) is 7.56. The van der Waals surface area contributed by atoms with Crippen LogP contribution >= 0.6 is 0 Å². The summed E-state index contributed by atoms with van der Waals surface area (Å²) in [5.74, 6) is 0.989. The Kier molecular flexibility index (Phi) is 3.76. The molecule has 108 valence electrons. The Morgan fingerprint density at radius 2 is 2.15 bits per heavy atom. The molecule has 1 aliphatic rings.